The summed E-state index contributed by atoms with van der Waals surface area (Å²) in [4.78, 5) is 12.3. The molecule has 0 atom stereocenters. The van der Waals surface area contributed by atoms with Gasteiger partial charge in [-0.15, -0.1) is 0 Å². The van der Waals surface area contributed by atoms with Gasteiger partial charge >= 0.3 is 0 Å². The third-order valence-corrected chi connectivity index (χ3v) is 3.82. The molecular formula is C13H10Cl3N3O. The Morgan fingerprint density at radius 3 is 2.40 bits per heavy atom. The molecule has 1 aromatic carbocycles. The van der Waals surface area contributed by atoms with Crippen molar-refractivity contribution in [1.82, 2.24) is 14.2 Å². The van der Waals surface area contributed by atoms with Crippen LogP contribution in [0.3, 0.4) is 0 Å². The topological polar surface area (TPSA) is 39.3 Å². The van der Waals surface area contributed by atoms with Crippen molar-refractivity contribution >= 4 is 57.3 Å². The van der Waals surface area contributed by atoms with Gasteiger partial charge in [0.25, 0.3) is 3.79 Å². The molecule has 2 aromatic heterocycles. The Hall–Kier alpha value is -1.23. The molecule has 0 aliphatic rings. The van der Waals surface area contributed by atoms with Gasteiger partial charge in [-0.25, -0.2) is 4.52 Å². The van der Waals surface area contributed by atoms with Gasteiger partial charge in [0.2, 0.25) is 5.78 Å². The summed E-state index contributed by atoms with van der Waals surface area (Å²) in [6.07, 6.45) is 0. The van der Waals surface area contributed by atoms with E-state index < -0.39 is 9.58 Å². The molecule has 3 rings (SSSR count). The number of imidazole rings is 1. The number of rotatable bonds is 1. The van der Waals surface area contributed by atoms with E-state index in [2.05, 4.69) is 5.10 Å². The minimum atomic E-state index is -2.00. The molecule has 104 valence electrons. The predicted octanol–water partition coefficient (Wildman–Crippen LogP) is 3.69. The van der Waals surface area contributed by atoms with Crippen molar-refractivity contribution in [2.75, 3.05) is 0 Å². The highest BCUT2D eigenvalue weighted by atomic mass is 35.6. The number of Topliss-reactive ketones (excluding diaryl/α,β-unsaturated/α-hetero) is 1. The van der Waals surface area contributed by atoms with E-state index in [4.69, 9.17) is 34.8 Å². The van der Waals surface area contributed by atoms with Gasteiger partial charge in [0.15, 0.2) is 0 Å². The van der Waals surface area contributed by atoms with Crippen LogP contribution in [0.2, 0.25) is 0 Å². The molecule has 0 aliphatic carbocycles. The molecule has 4 nitrogen and oxygen atoms in total. The first-order valence-electron chi connectivity index (χ1n) is 5.86. The molecule has 20 heavy (non-hydrogen) atoms. The van der Waals surface area contributed by atoms with Crippen LogP contribution in [-0.2, 0) is 7.05 Å². The monoisotopic (exact) mass is 329 g/mol. The second kappa shape index (κ2) is 4.38. The summed E-state index contributed by atoms with van der Waals surface area (Å²) in [6, 6.07) is 7.71. The maximum atomic E-state index is 12.3. The second-order valence-corrected chi connectivity index (χ2v) is 6.85. The Bertz CT molecular complexity index is 842. The number of nitrogens with zero attached hydrogens (tertiary/aromatic N) is 3. The molecule has 7 heteroatoms. The molecule has 2 heterocycles. The standard InChI is InChI=1S/C13H10Cl3N3O/c1-7-10(11(20)13(14,15)16)12-18(2)8-5-3-4-6-9(8)19(12)17-7/h3-6H,1-2H3. The first kappa shape index (κ1) is 13.7. The first-order chi connectivity index (χ1) is 9.32. The normalized spacial score (nSPS) is 12.4. The molecule has 0 radical (unpaired) electrons. The van der Waals surface area contributed by atoms with Crippen LogP contribution in [-0.4, -0.2) is 23.8 Å². The summed E-state index contributed by atoms with van der Waals surface area (Å²) in [7, 11) is 1.86. The van der Waals surface area contributed by atoms with Gasteiger partial charge in [-0.05, 0) is 19.1 Å². The molecule has 0 unspecified atom stereocenters. The lowest BCUT2D eigenvalue weighted by molar-refractivity contribution is 0.0997. The Morgan fingerprint density at radius 2 is 1.80 bits per heavy atom. The zero-order valence-electron chi connectivity index (χ0n) is 10.7. The number of carbonyl (C=O) groups is 1. The van der Waals surface area contributed by atoms with Crippen LogP contribution in [0.5, 0.6) is 0 Å². The summed E-state index contributed by atoms with van der Waals surface area (Å²) < 4.78 is 1.58. The third-order valence-electron chi connectivity index (χ3n) is 3.31. The van der Waals surface area contributed by atoms with E-state index in [0.717, 1.165) is 11.0 Å². The highest BCUT2D eigenvalue weighted by Crippen LogP contribution is 2.34. The number of benzene rings is 1. The molecule has 0 fully saturated rings. The minimum Gasteiger partial charge on any atom is -0.327 e. The predicted molar refractivity (Wildman–Crippen MR) is 81.0 cm³/mol. The van der Waals surface area contributed by atoms with Crippen LogP contribution in [0.1, 0.15) is 16.1 Å². The van der Waals surface area contributed by atoms with E-state index in [1.807, 2.05) is 35.9 Å². The van der Waals surface area contributed by atoms with Crippen molar-refractivity contribution in [3.05, 3.63) is 35.5 Å². The Kier molecular flexibility index (Phi) is 3.01. The molecule has 0 saturated carbocycles. The van der Waals surface area contributed by atoms with E-state index in [-0.39, 0.29) is 0 Å². The molecule has 0 amide bonds. The van der Waals surface area contributed by atoms with Crippen molar-refractivity contribution < 1.29 is 4.79 Å². The van der Waals surface area contributed by atoms with Crippen molar-refractivity contribution in [1.29, 1.82) is 0 Å². The number of aromatic nitrogens is 3. The second-order valence-electron chi connectivity index (χ2n) is 4.57. The number of fused-ring (bicyclic) bond motifs is 3. The van der Waals surface area contributed by atoms with Gasteiger partial charge in [-0.1, -0.05) is 46.9 Å². The summed E-state index contributed by atoms with van der Waals surface area (Å²) in [5.41, 5.74) is 3.35. The van der Waals surface area contributed by atoms with E-state index in [1.165, 1.54) is 0 Å². The highest BCUT2D eigenvalue weighted by Gasteiger charge is 2.36. The summed E-state index contributed by atoms with van der Waals surface area (Å²) in [5.74, 6) is -0.569. The summed E-state index contributed by atoms with van der Waals surface area (Å²) >= 11 is 17.2. The van der Waals surface area contributed by atoms with Crippen LogP contribution in [0, 0.1) is 6.92 Å². The van der Waals surface area contributed by atoms with Crippen molar-refractivity contribution in [3.8, 4) is 0 Å². The van der Waals surface area contributed by atoms with E-state index in [9.17, 15) is 4.79 Å². The van der Waals surface area contributed by atoms with Crippen LogP contribution in [0.4, 0.5) is 0 Å². The maximum Gasteiger partial charge on any atom is 0.253 e. The Labute approximate surface area is 129 Å². The van der Waals surface area contributed by atoms with Crippen LogP contribution < -0.4 is 0 Å². The molecular weight excluding hydrogens is 321 g/mol. The maximum absolute atomic E-state index is 12.3. The molecule has 0 N–H and O–H groups in total. The zero-order chi connectivity index (χ0) is 14.7. The van der Waals surface area contributed by atoms with Crippen molar-refractivity contribution in [3.63, 3.8) is 0 Å². The van der Waals surface area contributed by atoms with Gasteiger partial charge in [-0.3, -0.25) is 4.79 Å². The fourth-order valence-corrected chi connectivity index (χ4v) is 2.72. The smallest absolute Gasteiger partial charge is 0.253 e. The van der Waals surface area contributed by atoms with Crippen molar-refractivity contribution in [2.45, 2.75) is 10.7 Å². The first-order valence-corrected chi connectivity index (χ1v) is 7.00. The van der Waals surface area contributed by atoms with E-state index in [1.54, 1.807) is 11.4 Å². The fourth-order valence-electron chi connectivity index (χ4n) is 2.44. The summed E-state index contributed by atoms with van der Waals surface area (Å²) in [6.45, 7) is 1.73. The highest BCUT2D eigenvalue weighted by molar-refractivity contribution is 6.77. The van der Waals surface area contributed by atoms with Crippen LogP contribution >= 0.6 is 34.8 Å². The Morgan fingerprint density at radius 1 is 1.20 bits per heavy atom. The molecule has 0 saturated heterocycles. The fraction of sp³-hybridized carbons (Fsp3) is 0.231. The molecule has 3 aromatic rings. The SMILES string of the molecule is Cc1nn2c3ccccc3n(C)c2c1C(=O)C(Cl)(Cl)Cl. The number of para-hydroxylation sites is 2. The number of halogens is 3. The van der Waals surface area contributed by atoms with Gasteiger partial charge in [0, 0.05) is 7.05 Å². The number of ketones is 1. The quantitative estimate of drug-likeness (QED) is 0.504. The van der Waals surface area contributed by atoms with Crippen LogP contribution in [0.15, 0.2) is 24.3 Å². The average Bonchev–Trinajstić information content (AvgIpc) is 2.84. The van der Waals surface area contributed by atoms with Crippen molar-refractivity contribution in [2.24, 2.45) is 7.05 Å². The van der Waals surface area contributed by atoms with E-state index in [0.29, 0.717) is 16.9 Å². The van der Waals surface area contributed by atoms with E-state index >= 15 is 0 Å². The van der Waals surface area contributed by atoms with Gasteiger partial charge in [0.1, 0.15) is 5.65 Å². The largest absolute Gasteiger partial charge is 0.327 e. The average molecular weight is 331 g/mol. The van der Waals surface area contributed by atoms with Gasteiger partial charge in [0.05, 0.1) is 22.3 Å². The number of carbonyl (C=O) groups excluding carboxylic acids is 1. The number of alkyl halides is 3. The number of hydrogen-bond donors (Lipinski definition) is 0. The number of hydrogen-bond acceptors (Lipinski definition) is 2. The lowest BCUT2D eigenvalue weighted by Crippen LogP contribution is -2.20. The molecule has 0 aliphatic heterocycles. The summed E-state index contributed by atoms with van der Waals surface area (Å²) in [5, 5.41) is 4.40. The zero-order valence-corrected chi connectivity index (χ0v) is 13.0. The lowest BCUT2D eigenvalue weighted by atomic mass is 10.2. The van der Waals surface area contributed by atoms with Gasteiger partial charge in [-0.2, -0.15) is 5.10 Å². The molecule has 0 spiro atoms. The minimum absolute atomic E-state index is 0.337. The molecule has 0 bridgehead atoms. The van der Waals surface area contributed by atoms with Crippen LogP contribution in [0.25, 0.3) is 16.7 Å². The Balaban J connectivity index is 2.44. The third kappa shape index (κ3) is 1.83. The number of aryl methyl sites for hydroxylation is 2. The lowest BCUT2D eigenvalue weighted by Gasteiger charge is -2.09. The van der Waals surface area contributed by atoms with Gasteiger partial charge < -0.3 is 4.57 Å².